The summed E-state index contributed by atoms with van der Waals surface area (Å²) in [6.07, 6.45) is 3.90. The van der Waals surface area contributed by atoms with Gasteiger partial charge < -0.3 is 10.1 Å². The van der Waals surface area contributed by atoms with Gasteiger partial charge in [-0.05, 0) is 58.9 Å². The largest absolute Gasteiger partial charge is 0.497 e. The quantitative estimate of drug-likeness (QED) is 0.474. The third kappa shape index (κ3) is 4.33. The van der Waals surface area contributed by atoms with Gasteiger partial charge in [-0.15, -0.1) is 0 Å². The molecule has 0 aromatic heterocycles. The van der Waals surface area contributed by atoms with Crippen LogP contribution in [0.15, 0.2) is 71.8 Å². The Labute approximate surface area is 227 Å². The van der Waals surface area contributed by atoms with Crippen LogP contribution in [0.3, 0.4) is 0 Å². The van der Waals surface area contributed by atoms with E-state index in [-0.39, 0.29) is 24.4 Å². The zero-order valence-corrected chi connectivity index (χ0v) is 22.2. The van der Waals surface area contributed by atoms with Crippen molar-refractivity contribution in [2.24, 2.45) is 11.0 Å². The highest BCUT2D eigenvalue weighted by Crippen LogP contribution is 2.39. The molecule has 8 heteroatoms. The van der Waals surface area contributed by atoms with Crippen LogP contribution >= 0.6 is 0 Å². The fraction of sp³-hybridized carbons (Fsp3) is 0.355. The average molecular weight is 525 g/mol. The summed E-state index contributed by atoms with van der Waals surface area (Å²) in [4.78, 5) is 41.3. The second kappa shape index (κ2) is 9.84. The van der Waals surface area contributed by atoms with Crippen LogP contribution < -0.4 is 10.1 Å². The Bertz CT molecular complexity index is 1480. The normalized spacial score (nSPS) is 24.8. The minimum atomic E-state index is -0.907. The molecule has 2 heterocycles. The number of imide groups is 1. The first kappa shape index (κ1) is 25.1. The van der Waals surface area contributed by atoms with Crippen molar-refractivity contribution in [1.82, 2.24) is 15.2 Å². The summed E-state index contributed by atoms with van der Waals surface area (Å²) in [7, 11) is 1.61. The predicted molar refractivity (Wildman–Crippen MR) is 148 cm³/mol. The van der Waals surface area contributed by atoms with Crippen LogP contribution in [0.2, 0.25) is 0 Å². The second-order valence-corrected chi connectivity index (χ2v) is 10.8. The molecule has 4 amide bonds. The molecular formula is C31H32N4O4. The van der Waals surface area contributed by atoms with Crippen molar-refractivity contribution in [3.63, 3.8) is 0 Å². The molecule has 39 heavy (non-hydrogen) atoms. The Hall–Kier alpha value is -4.20. The Morgan fingerprint density at radius 3 is 2.56 bits per heavy atom. The molecule has 1 saturated carbocycles. The number of fused-ring (bicyclic) bond motifs is 1. The number of carbonyl (C=O) groups is 3. The van der Waals surface area contributed by atoms with Gasteiger partial charge in [0.1, 0.15) is 17.8 Å². The number of benzene rings is 3. The summed E-state index contributed by atoms with van der Waals surface area (Å²) in [5, 5.41) is 11.4. The first-order chi connectivity index (χ1) is 18.9. The van der Waals surface area contributed by atoms with Gasteiger partial charge in [0.15, 0.2) is 0 Å². The first-order valence-corrected chi connectivity index (χ1v) is 13.6. The number of hydrogen-bond donors (Lipinski definition) is 1. The number of hydrogen-bond acceptors (Lipinski definition) is 5. The fourth-order valence-electron chi connectivity index (χ4n) is 6.22. The van der Waals surface area contributed by atoms with E-state index >= 15 is 0 Å². The minimum Gasteiger partial charge on any atom is -0.497 e. The molecular weight excluding hydrogens is 492 g/mol. The molecule has 3 aliphatic rings. The summed E-state index contributed by atoms with van der Waals surface area (Å²) in [6, 6.07) is 21.0. The number of methoxy groups -OCH3 is 1. The number of ether oxygens (including phenoxy) is 1. The zero-order valence-electron chi connectivity index (χ0n) is 22.2. The van der Waals surface area contributed by atoms with Gasteiger partial charge in [-0.1, -0.05) is 68.3 Å². The zero-order chi connectivity index (χ0) is 27.1. The Balaban J connectivity index is 1.31. The molecule has 3 aromatic rings. The van der Waals surface area contributed by atoms with Crippen LogP contribution in [0.4, 0.5) is 4.79 Å². The number of urea groups is 1. The van der Waals surface area contributed by atoms with E-state index in [0.29, 0.717) is 12.8 Å². The predicted octanol–water partition coefficient (Wildman–Crippen LogP) is 5.03. The van der Waals surface area contributed by atoms with Crippen molar-refractivity contribution in [3.05, 3.63) is 77.9 Å². The summed E-state index contributed by atoms with van der Waals surface area (Å²) < 4.78 is 5.32. The average Bonchev–Trinajstić information content (AvgIpc) is 3.51. The van der Waals surface area contributed by atoms with E-state index in [1.165, 1.54) is 5.01 Å². The van der Waals surface area contributed by atoms with Gasteiger partial charge in [0, 0.05) is 6.42 Å². The van der Waals surface area contributed by atoms with E-state index in [4.69, 9.17) is 9.84 Å². The number of hydrazone groups is 1. The maximum absolute atomic E-state index is 13.8. The van der Waals surface area contributed by atoms with Gasteiger partial charge in [0.2, 0.25) is 0 Å². The maximum atomic E-state index is 13.8. The van der Waals surface area contributed by atoms with Crippen LogP contribution in [-0.2, 0) is 9.59 Å². The first-order valence-electron chi connectivity index (χ1n) is 13.6. The van der Waals surface area contributed by atoms with Gasteiger partial charge in [0.25, 0.3) is 11.8 Å². The molecule has 1 spiro atoms. The van der Waals surface area contributed by atoms with Gasteiger partial charge in [0.05, 0.1) is 18.9 Å². The van der Waals surface area contributed by atoms with Crippen molar-refractivity contribution < 1.29 is 19.1 Å². The lowest BCUT2D eigenvalue weighted by atomic mass is 9.73. The van der Waals surface area contributed by atoms with Gasteiger partial charge in [-0.25, -0.2) is 9.80 Å². The van der Waals surface area contributed by atoms with Crippen molar-refractivity contribution >= 4 is 34.3 Å². The maximum Gasteiger partial charge on any atom is 0.325 e. The fourth-order valence-corrected chi connectivity index (χ4v) is 6.22. The number of carbonyl (C=O) groups excluding carboxylic acids is 3. The Kier molecular flexibility index (Phi) is 6.33. The van der Waals surface area contributed by atoms with E-state index in [9.17, 15) is 14.4 Å². The number of nitrogens with one attached hydrogen (secondary N) is 1. The van der Waals surface area contributed by atoms with Crippen molar-refractivity contribution in [2.45, 2.75) is 50.6 Å². The Morgan fingerprint density at radius 2 is 1.82 bits per heavy atom. The van der Waals surface area contributed by atoms with Gasteiger partial charge >= 0.3 is 6.03 Å². The molecule has 1 aliphatic carbocycles. The van der Waals surface area contributed by atoms with Crippen LogP contribution in [0, 0.1) is 5.92 Å². The summed E-state index contributed by atoms with van der Waals surface area (Å²) >= 11 is 0. The van der Waals surface area contributed by atoms with E-state index in [0.717, 1.165) is 57.5 Å². The number of amides is 4. The lowest BCUT2D eigenvalue weighted by Crippen LogP contribution is -2.54. The van der Waals surface area contributed by atoms with E-state index in [1.807, 2.05) is 49.4 Å². The standard InChI is InChI=1S/C31H32N4O4/c1-20-7-5-6-16-31(20)29(37)34(30(38)32-31)19-28(36)35-27(22-12-14-25(39-2)15-13-22)18-26(33-35)24-11-10-21-8-3-4-9-23(21)17-24/h3-4,8-15,17,20,27H,5-7,16,18-19H2,1-2H3,(H,32,38)/t20-,27-,31+/m0/s1. The summed E-state index contributed by atoms with van der Waals surface area (Å²) in [5.74, 6) is 0.0540. The number of rotatable bonds is 5. The third-order valence-electron chi connectivity index (χ3n) is 8.54. The Morgan fingerprint density at radius 1 is 1.05 bits per heavy atom. The van der Waals surface area contributed by atoms with Gasteiger partial charge in [-0.2, -0.15) is 5.10 Å². The topological polar surface area (TPSA) is 91.3 Å². The summed E-state index contributed by atoms with van der Waals surface area (Å²) in [6.45, 7) is 1.66. The van der Waals surface area contributed by atoms with Crippen LogP contribution in [0.25, 0.3) is 10.8 Å². The molecule has 200 valence electrons. The van der Waals surface area contributed by atoms with Crippen molar-refractivity contribution in [1.29, 1.82) is 0 Å². The lowest BCUT2D eigenvalue weighted by Gasteiger charge is -2.36. The molecule has 0 bridgehead atoms. The molecule has 2 aliphatic heterocycles. The highest BCUT2D eigenvalue weighted by Gasteiger charge is 2.55. The molecule has 2 fully saturated rings. The molecule has 1 saturated heterocycles. The van der Waals surface area contributed by atoms with Crippen LogP contribution in [-0.4, -0.2) is 52.7 Å². The molecule has 1 N–H and O–H groups in total. The van der Waals surface area contributed by atoms with E-state index in [1.54, 1.807) is 7.11 Å². The highest BCUT2D eigenvalue weighted by molar-refractivity contribution is 6.10. The monoisotopic (exact) mass is 524 g/mol. The van der Waals surface area contributed by atoms with Crippen molar-refractivity contribution in [3.8, 4) is 5.75 Å². The van der Waals surface area contributed by atoms with Crippen molar-refractivity contribution in [2.75, 3.05) is 13.7 Å². The minimum absolute atomic E-state index is 0.0270. The molecule has 8 nitrogen and oxygen atoms in total. The SMILES string of the molecule is COc1ccc([C@@H]2CC(c3ccc4ccccc4c3)=NN2C(=O)CN2C(=O)N[C@@]3(CCCC[C@@H]3C)C2=O)cc1. The third-order valence-corrected chi connectivity index (χ3v) is 8.54. The van der Waals surface area contributed by atoms with E-state index < -0.39 is 17.5 Å². The molecule has 3 aromatic carbocycles. The molecule has 0 radical (unpaired) electrons. The lowest BCUT2D eigenvalue weighted by molar-refractivity contribution is -0.141. The summed E-state index contributed by atoms with van der Waals surface area (Å²) in [5.41, 5.74) is 1.71. The van der Waals surface area contributed by atoms with Gasteiger partial charge in [-0.3, -0.25) is 14.5 Å². The van der Waals surface area contributed by atoms with Crippen LogP contribution in [0.1, 0.15) is 56.2 Å². The smallest absolute Gasteiger partial charge is 0.325 e. The number of nitrogens with zero attached hydrogens (tertiary/aromatic N) is 3. The highest BCUT2D eigenvalue weighted by atomic mass is 16.5. The van der Waals surface area contributed by atoms with E-state index in [2.05, 4.69) is 29.6 Å². The molecule has 6 rings (SSSR count). The van der Waals surface area contributed by atoms with Crippen LogP contribution in [0.5, 0.6) is 5.75 Å². The second-order valence-electron chi connectivity index (χ2n) is 10.8. The molecule has 3 atom stereocenters. The molecule has 0 unspecified atom stereocenters.